The van der Waals surface area contributed by atoms with Crippen molar-refractivity contribution in [2.75, 3.05) is 18.1 Å². The fourth-order valence-electron chi connectivity index (χ4n) is 3.56. The van der Waals surface area contributed by atoms with Crippen molar-refractivity contribution in [2.24, 2.45) is 5.73 Å². The first kappa shape index (κ1) is 31.4. The predicted octanol–water partition coefficient (Wildman–Crippen LogP) is 5.41. The highest BCUT2D eigenvalue weighted by Gasteiger charge is 2.26. The molecule has 36 heavy (non-hydrogen) atoms. The average molecular weight is 515 g/mol. The second-order valence-corrected chi connectivity index (χ2v) is 10.4. The van der Waals surface area contributed by atoms with E-state index in [1.54, 1.807) is 42.1 Å². The molecule has 1 aromatic carbocycles. The highest BCUT2D eigenvalue weighted by molar-refractivity contribution is 7.99. The van der Waals surface area contributed by atoms with E-state index in [2.05, 4.69) is 51.2 Å². The Bertz CT molecular complexity index is 934. The number of thioether (sulfide) groups is 1. The van der Waals surface area contributed by atoms with E-state index in [9.17, 15) is 19.5 Å². The molecule has 0 aliphatic heterocycles. The third kappa shape index (κ3) is 13.4. The summed E-state index contributed by atoms with van der Waals surface area (Å²) in [4.78, 5) is 36.6. The number of amides is 1. The second kappa shape index (κ2) is 17.7. The smallest absolute Gasteiger partial charge is 0.311 e. The molecular formula is C29H42N2O4S. The highest BCUT2D eigenvalue weighted by atomic mass is 32.2. The van der Waals surface area contributed by atoms with Gasteiger partial charge in [0.2, 0.25) is 5.91 Å². The van der Waals surface area contributed by atoms with Gasteiger partial charge in [-0.1, -0.05) is 65.3 Å². The topological polar surface area (TPSA) is 109 Å². The van der Waals surface area contributed by atoms with E-state index in [1.807, 2.05) is 0 Å². The molecule has 0 bridgehead atoms. The largest absolute Gasteiger partial charge is 0.481 e. The van der Waals surface area contributed by atoms with Crippen LogP contribution in [0.4, 0.5) is 0 Å². The molecule has 0 saturated carbocycles. The summed E-state index contributed by atoms with van der Waals surface area (Å²) in [6.45, 7) is 8.34. The van der Waals surface area contributed by atoms with Crippen molar-refractivity contribution in [3.05, 3.63) is 70.8 Å². The summed E-state index contributed by atoms with van der Waals surface area (Å²) in [6.07, 6.45) is 10.6. The van der Waals surface area contributed by atoms with E-state index in [0.29, 0.717) is 11.3 Å². The number of Topliss-reactive ketones (excluding diaryl/α,β-unsaturated/α-hetero) is 1. The van der Waals surface area contributed by atoms with Crippen LogP contribution >= 0.6 is 11.8 Å². The summed E-state index contributed by atoms with van der Waals surface area (Å²) in [7, 11) is 0. The molecule has 2 atom stereocenters. The zero-order chi connectivity index (χ0) is 26.9. The molecule has 1 aromatic rings. The molecule has 7 heteroatoms. The Morgan fingerprint density at radius 3 is 2.17 bits per heavy atom. The highest BCUT2D eigenvalue weighted by Crippen LogP contribution is 2.20. The maximum Gasteiger partial charge on any atom is 0.311 e. The number of aliphatic carboxylic acids is 1. The molecule has 0 spiro atoms. The molecule has 0 aromatic heterocycles. The van der Waals surface area contributed by atoms with Gasteiger partial charge in [0.15, 0.2) is 5.78 Å². The first-order chi connectivity index (χ1) is 17.1. The molecule has 0 fully saturated rings. The van der Waals surface area contributed by atoms with Gasteiger partial charge in [-0.2, -0.15) is 11.8 Å². The minimum atomic E-state index is -1.08. The number of carboxylic acids is 1. The summed E-state index contributed by atoms with van der Waals surface area (Å²) in [5.41, 5.74) is 10.1. The molecule has 0 aliphatic rings. The van der Waals surface area contributed by atoms with Crippen LogP contribution in [0, 0.1) is 0 Å². The van der Waals surface area contributed by atoms with Crippen molar-refractivity contribution in [2.45, 2.75) is 71.8 Å². The van der Waals surface area contributed by atoms with E-state index in [0.717, 1.165) is 31.4 Å². The van der Waals surface area contributed by atoms with Gasteiger partial charge in [0, 0.05) is 17.9 Å². The number of ketones is 1. The van der Waals surface area contributed by atoms with Crippen LogP contribution in [0.3, 0.4) is 0 Å². The van der Waals surface area contributed by atoms with Crippen LogP contribution in [-0.4, -0.2) is 46.9 Å². The summed E-state index contributed by atoms with van der Waals surface area (Å²) >= 11 is 1.54. The number of carbonyl (C=O) groups excluding carboxylic acids is 2. The molecular weight excluding hydrogens is 472 g/mol. The van der Waals surface area contributed by atoms with Crippen LogP contribution in [0.25, 0.3) is 0 Å². The fraction of sp³-hybridized carbons (Fsp3) is 0.483. The van der Waals surface area contributed by atoms with Crippen LogP contribution in [0.2, 0.25) is 0 Å². The summed E-state index contributed by atoms with van der Waals surface area (Å²) < 4.78 is 0. The van der Waals surface area contributed by atoms with Crippen molar-refractivity contribution >= 4 is 29.4 Å². The molecule has 0 heterocycles. The van der Waals surface area contributed by atoms with Crippen molar-refractivity contribution in [3.8, 4) is 0 Å². The van der Waals surface area contributed by atoms with Gasteiger partial charge in [0.05, 0.1) is 18.5 Å². The van der Waals surface area contributed by atoms with Crippen molar-refractivity contribution in [1.29, 1.82) is 0 Å². The number of nitrogens with one attached hydrogen (secondary N) is 1. The number of benzene rings is 1. The number of carbonyl (C=O) groups is 3. The second-order valence-electron chi connectivity index (χ2n) is 9.29. The van der Waals surface area contributed by atoms with Gasteiger partial charge in [-0.25, -0.2) is 0 Å². The Balaban J connectivity index is 2.53. The van der Waals surface area contributed by atoms with Crippen LogP contribution in [-0.2, 0) is 14.4 Å². The number of allylic oxidation sites excluding steroid dienone is 5. The molecule has 1 amide bonds. The number of hydrogen-bond acceptors (Lipinski definition) is 5. The van der Waals surface area contributed by atoms with Crippen LogP contribution < -0.4 is 11.1 Å². The molecule has 1 rings (SSSR count). The fourth-order valence-corrected chi connectivity index (χ4v) is 4.60. The van der Waals surface area contributed by atoms with E-state index in [4.69, 9.17) is 5.73 Å². The third-order valence-electron chi connectivity index (χ3n) is 5.77. The van der Waals surface area contributed by atoms with Gasteiger partial charge >= 0.3 is 5.97 Å². The van der Waals surface area contributed by atoms with Crippen LogP contribution in [0.5, 0.6) is 0 Å². The van der Waals surface area contributed by atoms with E-state index < -0.39 is 23.8 Å². The number of hydrogen-bond donors (Lipinski definition) is 3. The zero-order valence-electron chi connectivity index (χ0n) is 22.1. The summed E-state index contributed by atoms with van der Waals surface area (Å²) in [5, 5.41) is 12.3. The quantitative estimate of drug-likeness (QED) is 0.189. The Morgan fingerprint density at radius 2 is 1.58 bits per heavy atom. The molecule has 4 N–H and O–H groups in total. The maximum atomic E-state index is 12.6. The Morgan fingerprint density at radius 1 is 0.972 bits per heavy atom. The Kier molecular flexibility index (Phi) is 15.5. The normalized spacial score (nSPS) is 13.6. The standard InChI is InChI=1S/C29H42N2O4S/c1-21(2)10-8-11-22(3)12-9-13-23(4)16-17-36-20-26(27(32)19-30)31-28(33)18-25(29(34)35)24-14-6-5-7-15-24/h5-7,10,12,14-16,25-26H,8-9,11,13,17-20,30H2,1-4H3,(H,31,33)(H,34,35)/b22-12+,23-16+/t25?,26-/m0/s1. The SMILES string of the molecule is CC(C)=CCC/C(C)=C/CC/C(C)=C/CSC[C@H](NC(=O)CC(C(=O)O)c1ccccc1)C(=O)CN. The zero-order valence-corrected chi connectivity index (χ0v) is 22.9. The number of carboxylic acid groups (broad SMARTS) is 1. The van der Waals surface area contributed by atoms with Gasteiger partial charge < -0.3 is 16.2 Å². The van der Waals surface area contributed by atoms with E-state index in [-0.39, 0.29) is 18.7 Å². The van der Waals surface area contributed by atoms with Crippen molar-refractivity contribution in [1.82, 2.24) is 5.32 Å². The van der Waals surface area contributed by atoms with Crippen LogP contribution in [0.15, 0.2) is 65.3 Å². The molecule has 198 valence electrons. The van der Waals surface area contributed by atoms with Gasteiger partial charge in [0.1, 0.15) is 0 Å². The van der Waals surface area contributed by atoms with E-state index in [1.165, 1.54) is 16.7 Å². The van der Waals surface area contributed by atoms with Crippen molar-refractivity contribution < 1.29 is 19.5 Å². The first-order valence-electron chi connectivity index (χ1n) is 12.5. The Hall–Kier alpha value is -2.64. The molecule has 1 unspecified atom stereocenters. The molecule has 6 nitrogen and oxygen atoms in total. The van der Waals surface area contributed by atoms with Gasteiger partial charge in [-0.15, -0.1) is 0 Å². The molecule has 0 saturated heterocycles. The average Bonchev–Trinajstić information content (AvgIpc) is 2.84. The lowest BCUT2D eigenvalue weighted by molar-refractivity contribution is -0.141. The predicted molar refractivity (Wildman–Crippen MR) is 150 cm³/mol. The summed E-state index contributed by atoms with van der Waals surface area (Å²) in [6, 6.07) is 7.88. The summed E-state index contributed by atoms with van der Waals surface area (Å²) in [5.74, 6) is -1.68. The number of nitrogens with two attached hydrogens (primary N) is 1. The molecule has 0 aliphatic carbocycles. The minimum absolute atomic E-state index is 0.180. The Labute approximate surface area is 220 Å². The maximum absolute atomic E-state index is 12.6. The van der Waals surface area contributed by atoms with Gasteiger partial charge in [-0.05, 0) is 58.9 Å². The van der Waals surface area contributed by atoms with Gasteiger partial charge in [0.25, 0.3) is 0 Å². The molecule has 0 radical (unpaired) electrons. The van der Waals surface area contributed by atoms with Crippen molar-refractivity contribution in [3.63, 3.8) is 0 Å². The monoisotopic (exact) mass is 514 g/mol. The third-order valence-corrected chi connectivity index (χ3v) is 6.74. The number of rotatable bonds is 17. The lowest BCUT2D eigenvalue weighted by Crippen LogP contribution is -2.45. The lowest BCUT2D eigenvalue weighted by atomic mass is 9.95. The minimum Gasteiger partial charge on any atom is -0.481 e. The van der Waals surface area contributed by atoms with Crippen LogP contribution in [0.1, 0.15) is 71.3 Å². The van der Waals surface area contributed by atoms with Gasteiger partial charge in [-0.3, -0.25) is 14.4 Å². The van der Waals surface area contributed by atoms with E-state index >= 15 is 0 Å². The first-order valence-corrected chi connectivity index (χ1v) is 13.6. The lowest BCUT2D eigenvalue weighted by Gasteiger charge is -2.18.